The number of nitrogen functional groups attached to an aromatic ring is 1. The van der Waals surface area contributed by atoms with Gasteiger partial charge in [0.15, 0.2) is 0 Å². The van der Waals surface area contributed by atoms with E-state index in [1.807, 2.05) is 36.4 Å². The van der Waals surface area contributed by atoms with E-state index in [0.717, 1.165) is 5.69 Å². The maximum absolute atomic E-state index is 5.35. The van der Waals surface area contributed by atoms with Crippen molar-refractivity contribution in [1.29, 1.82) is 0 Å². The van der Waals surface area contributed by atoms with Crippen molar-refractivity contribution in [2.75, 3.05) is 5.43 Å². The van der Waals surface area contributed by atoms with Crippen LogP contribution in [0, 0.1) is 0 Å². The summed E-state index contributed by atoms with van der Waals surface area (Å²) in [5.74, 6) is 5.35. The van der Waals surface area contributed by atoms with E-state index in [1.165, 1.54) is 11.1 Å². The normalized spacial score (nSPS) is 9.13. The Balaban J connectivity index is 0.00000112. The average molecular weight is 221 g/mol. The average Bonchev–Trinajstić information content (AvgIpc) is 2.30. The van der Waals surface area contributed by atoms with E-state index in [1.54, 1.807) is 0 Å². The Hall–Kier alpha value is -1.51. The second-order valence-electron chi connectivity index (χ2n) is 3.09. The Kier molecular flexibility index (Phi) is 4.16. The molecule has 3 heteroatoms. The zero-order valence-electron chi connectivity index (χ0n) is 8.18. The summed E-state index contributed by atoms with van der Waals surface area (Å²) in [5.41, 5.74) is 5.93. The van der Waals surface area contributed by atoms with Crippen molar-refractivity contribution in [2.24, 2.45) is 5.84 Å². The summed E-state index contributed by atoms with van der Waals surface area (Å²) in [6.07, 6.45) is 0. The van der Waals surface area contributed by atoms with Crippen LogP contribution in [0.3, 0.4) is 0 Å². The van der Waals surface area contributed by atoms with Crippen LogP contribution in [0.2, 0.25) is 0 Å². The Labute approximate surface area is 95.5 Å². The van der Waals surface area contributed by atoms with Crippen LogP contribution in [0.15, 0.2) is 54.6 Å². The van der Waals surface area contributed by atoms with Gasteiger partial charge in [0.2, 0.25) is 0 Å². The fraction of sp³-hybridized carbons (Fsp3) is 0. The zero-order chi connectivity index (χ0) is 9.80. The van der Waals surface area contributed by atoms with Crippen LogP contribution >= 0.6 is 12.4 Å². The van der Waals surface area contributed by atoms with E-state index >= 15 is 0 Å². The molecule has 0 aliphatic heterocycles. The lowest BCUT2D eigenvalue weighted by Crippen LogP contribution is -2.06. The Bertz CT molecular complexity index is 415. The smallest absolute Gasteiger partial charge is 0.0491 e. The quantitative estimate of drug-likeness (QED) is 0.603. The maximum atomic E-state index is 5.35. The molecule has 0 spiro atoms. The summed E-state index contributed by atoms with van der Waals surface area (Å²) in [6.45, 7) is 0. The van der Waals surface area contributed by atoms with E-state index in [0.29, 0.717) is 0 Å². The molecule has 0 atom stereocenters. The van der Waals surface area contributed by atoms with E-state index in [9.17, 15) is 0 Å². The van der Waals surface area contributed by atoms with E-state index in [2.05, 4.69) is 23.6 Å². The fourth-order valence-corrected chi connectivity index (χ4v) is 1.42. The molecule has 78 valence electrons. The third kappa shape index (κ3) is 2.72. The van der Waals surface area contributed by atoms with Crippen molar-refractivity contribution in [1.82, 2.24) is 0 Å². The minimum absolute atomic E-state index is 0. The number of benzene rings is 2. The van der Waals surface area contributed by atoms with Crippen molar-refractivity contribution < 1.29 is 0 Å². The predicted octanol–water partition coefficient (Wildman–Crippen LogP) is 3.06. The lowest BCUT2D eigenvalue weighted by atomic mass is 10.1. The number of nitrogens with two attached hydrogens (primary N) is 1. The Morgan fingerprint density at radius 3 is 2.13 bits per heavy atom. The van der Waals surface area contributed by atoms with Gasteiger partial charge >= 0.3 is 0 Å². The molecule has 15 heavy (non-hydrogen) atoms. The van der Waals surface area contributed by atoms with Crippen LogP contribution in [0.4, 0.5) is 5.69 Å². The molecule has 2 aromatic carbocycles. The van der Waals surface area contributed by atoms with Crippen molar-refractivity contribution in [2.45, 2.75) is 0 Å². The van der Waals surface area contributed by atoms with E-state index in [-0.39, 0.29) is 12.4 Å². The number of hydrogen-bond donors (Lipinski definition) is 2. The summed E-state index contributed by atoms with van der Waals surface area (Å²) < 4.78 is 0. The van der Waals surface area contributed by atoms with Gasteiger partial charge in [-0.2, -0.15) is 0 Å². The molecule has 0 saturated heterocycles. The van der Waals surface area contributed by atoms with Crippen molar-refractivity contribution in [3.63, 3.8) is 0 Å². The van der Waals surface area contributed by atoms with Crippen LogP contribution in [0.1, 0.15) is 0 Å². The van der Waals surface area contributed by atoms with E-state index in [4.69, 9.17) is 5.84 Å². The topological polar surface area (TPSA) is 38.0 Å². The van der Waals surface area contributed by atoms with Crippen LogP contribution < -0.4 is 11.3 Å². The highest BCUT2D eigenvalue weighted by molar-refractivity contribution is 5.85. The van der Waals surface area contributed by atoms with E-state index < -0.39 is 0 Å². The molecule has 2 nitrogen and oxygen atoms in total. The molecule has 0 aliphatic carbocycles. The first kappa shape index (κ1) is 11.6. The lowest BCUT2D eigenvalue weighted by molar-refractivity contribution is 1.35. The zero-order valence-corrected chi connectivity index (χ0v) is 9.00. The fourth-order valence-electron chi connectivity index (χ4n) is 1.42. The van der Waals surface area contributed by atoms with Gasteiger partial charge in [0.25, 0.3) is 0 Å². The maximum Gasteiger partial charge on any atom is 0.0491 e. The second-order valence-corrected chi connectivity index (χ2v) is 3.09. The van der Waals surface area contributed by atoms with Gasteiger partial charge in [0, 0.05) is 5.69 Å². The third-order valence-corrected chi connectivity index (χ3v) is 2.14. The summed E-state index contributed by atoms with van der Waals surface area (Å²) >= 11 is 0. The van der Waals surface area contributed by atoms with Gasteiger partial charge in [-0.05, 0) is 23.3 Å². The third-order valence-electron chi connectivity index (χ3n) is 2.14. The largest absolute Gasteiger partial charge is 0.324 e. The monoisotopic (exact) mass is 220 g/mol. The first-order valence-electron chi connectivity index (χ1n) is 4.52. The van der Waals surface area contributed by atoms with Crippen molar-refractivity contribution in [3.05, 3.63) is 54.6 Å². The molecule has 0 saturated carbocycles. The molecule has 0 amide bonds. The highest BCUT2D eigenvalue weighted by Crippen LogP contribution is 2.21. The summed E-state index contributed by atoms with van der Waals surface area (Å²) in [6, 6.07) is 18.2. The van der Waals surface area contributed by atoms with Gasteiger partial charge in [0.1, 0.15) is 0 Å². The SMILES string of the molecule is Cl.NNc1cccc(-c2ccccc2)c1. The number of halogens is 1. The van der Waals surface area contributed by atoms with Crippen LogP contribution in [-0.2, 0) is 0 Å². The van der Waals surface area contributed by atoms with Crippen molar-refractivity contribution in [3.8, 4) is 11.1 Å². The highest BCUT2D eigenvalue weighted by atomic mass is 35.5. The minimum Gasteiger partial charge on any atom is -0.324 e. The summed E-state index contributed by atoms with van der Waals surface area (Å²) in [5, 5.41) is 0. The van der Waals surface area contributed by atoms with Gasteiger partial charge in [-0.1, -0.05) is 42.5 Å². The number of anilines is 1. The molecule has 0 aliphatic rings. The Morgan fingerprint density at radius 1 is 0.800 bits per heavy atom. The minimum atomic E-state index is 0. The summed E-state index contributed by atoms with van der Waals surface area (Å²) in [4.78, 5) is 0. The first-order chi connectivity index (χ1) is 6.90. The van der Waals surface area contributed by atoms with Crippen molar-refractivity contribution >= 4 is 18.1 Å². The number of hydrazine groups is 1. The number of hydrogen-bond acceptors (Lipinski definition) is 2. The molecule has 0 fully saturated rings. The van der Waals surface area contributed by atoms with Crippen LogP contribution in [0.25, 0.3) is 11.1 Å². The van der Waals surface area contributed by atoms with Crippen LogP contribution in [0.5, 0.6) is 0 Å². The molecule has 2 rings (SSSR count). The molecular weight excluding hydrogens is 208 g/mol. The van der Waals surface area contributed by atoms with Crippen LogP contribution in [-0.4, -0.2) is 0 Å². The first-order valence-corrected chi connectivity index (χ1v) is 4.52. The second kappa shape index (κ2) is 5.39. The molecule has 2 aromatic rings. The Morgan fingerprint density at radius 2 is 1.47 bits per heavy atom. The highest BCUT2D eigenvalue weighted by Gasteiger charge is 1.96. The van der Waals surface area contributed by atoms with Gasteiger partial charge in [0.05, 0.1) is 0 Å². The van der Waals surface area contributed by atoms with Gasteiger partial charge in [-0.15, -0.1) is 12.4 Å². The lowest BCUT2D eigenvalue weighted by Gasteiger charge is -2.04. The van der Waals surface area contributed by atoms with Gasteiger partial charge in [-0.3, -0.25) is 5.84 Å². The number of nitrogens with one attached hydrogen (secondary N) is 1. The van der Waals surface area contributed by atoms with Gasteiger partial charge in [-0.25, -0.2) is 0 Å². The predicted molar refractivity (Wildman–Crippen MR) is 66.9 cm³/mol. The molecule has 0 radical (unpaired) electrons. The standard InChI is InChI=1S/C12H12N2.ClH/c13-14-12-8-4-7-11(9-12)10-5-2-1-3-6-10;/h1-9,14H,13H2;1H. The molecule has 0 unspecified atom stereocenters. The molecule has 0 aromatic heterocycles. The summed E-state index contributed by atoms with van der Waals surface area (Å²) in [7, 11) is 0. The van der Waals surface area contributed by atoms with Gasteiger partial charge < -0.3 is 5.43 Å². The molecule has 3 N–H and O–H groups in total. The molecule has 0 bridgehead atoms. The number of rotatable bonds is 2. The molecular formula is C12H13ClN2. The molecule has 0 heterocycles.